The maximum atomic E-state index is 12.7. The number of rotatable bonds is 4. The summed E-state index contributed by atoms with van der Waals surface area (Å²) in [6, 6.07) is 17.9. The van der Waals surface area contributed by atoms with Crippen molar-refractivity contribution in [1.29, 1.82) is 0 Å². The number of anilines is 1. The summed E-state index contributed by atoms with van der Waals surface area (Å²) in [7, 11) is 2.01. The van der Waals surface area contributed by atoms with Crippen molar-refractivity contribution in [2.75, 3.05) is 18.4 Å². The molecule has 140 valence electrons. The van der Waals surface area contributed by atoms with Gasteiger partial charge in [-0.3, -0.25) is 9.69 Å². The molecule has 2 heterocycles. The van der Waals surface area contributed by atoms with Gasteiger partial charge in [0.15, 0.2) is 4.77 Å². The van der Waals surface area contributed by atoms with E-state index < -0.39 is 0 Å². The Hall–Kier alpha value is -2.44. The lowest BCUT2D eigenvalue weighted by molar-refractivity contribution is -0.121. The number of carbonyl (C=O) groups excluding carboxylic acids is 1. The first-order chi connectivity index (χ1) is 13.1. The number of hydrogen-bond donors (Lipinski definition) is 1. The van der Waals surface area contributed by atoms with E-state index in [1.165, 1.54) is 0 Å². The fraction of sp³-hybridized carbons (Fsp3) is 0.333. The molecule has 1 fully saturated rings. The number of fused-ring (bicyclic) bond motifs is 1. The molecule has 5 nitrogen and oxygen atoms in total. The molecule has 0 aliphatic carbocycles. The summed E-state index contributed by atoms with van der Waals surface area (Å²) in [6.07, 6.45) is 1.95. The second-order valence-electron chi connectivity index (χ2n) is 7.17. The van der Waals surface area contributed by atoms with Crippen molar-refractivity contribution in [3.63, 3.8) is 0 Å². The van der Waals surface area contributed by atoms with Crippen molar-refractivity contribution in [3.05, 3.63) is 59.4 Å². The van der Waals surface area contributed by atoms with Crippen molar-refractivity contribution in [2.24, 2.45) is 13.0 Å². The van der Waals surface area contributed by atoms with Crippen molar-refractivity contribution in [1.82, 2.24) is 14.0 Å². The van der Waals surface area contributed by atoms with E-state index in [9.17, 15) is 4.79 Å². The smallest absolute Gasteiger partial charge is 0.228 e. The third kappa shape index (κ3) is 3.68. The average Bonchev–Trinajstić information content (AvgIpc) is 2.94. The lowest BCUT2D eigenvalue weighted by Gasteiger charge is -2.32. The number of nitrogens with one attached hydrogen (secondary N) is 1. The largest absolute Gasteiger partial charge is 0.326 e. The van der Waals surface area contributed by atoms with Crippen LogP contribution in [0, 0.1) is 10.7 Å². The van der Waals surface area contributed by atoms with Crippen LogP contribution in [-0.4, -0.2) is 33.0 Å². The third-order valence-corrected chi connectivity index (χ3v) is 5.81. The van der Waals surface area contributed by atoms with Crippen LogP contribution >= 0.6 is 12.2 Å². The van der Waals surface area contributed by atoms with Gasteiger partial charge in [0, 0.05) is 19.3 Å². The number of para-hydroxylation sites is 3. The number of aromatic nitrogens is 2. The van der Waals surface area contributed by atoms with Gasteiger partial charge in [-0.2, -0.15) is 0 Å². The van der Waals surface area contributed by atoms with Gasteiger partial charge in [0.25, 0.3) is 0 Å². The topological polar surface area (TPSA) is 42.2 Å². The van der Waals surface area contributed by atoms with Gasteiger partial charge in [-0.25, -0.2) is 0 Å². The quantitative estimate of drug-likeness (QED) is 0.695. The molecule has 0 bridgehead atoms. The summed E-state index contributed by atoms with van der Waals surface area (Å²) < 4.78 is 5.03. The normalized spacial score (nSPS) is 17.9. The van der Waals surface area contributed by atoms with Crippen LogP contribution in [0.1, 0.15) is 12.8 Å². The molecule has 1 atom stereocenters. The Labute approximate surface area is 164 Å². The van der Waals surface area contributed by atoms with E-state index in [1.807, 2.05) is 54.1 Å². The number of aryl methyl sites for hydroxylation is 1. The predicted octanol–water partition coefficient (Wildman–Crippen LogP) is 4.02. The van der Waals surface area contributed by atoms with Crippen LogP contribution < -0.4 is 5.32 Å². The second-order valence-corrected chi connectivity index (χ2v) is 7.54. The van der Waals surface area contributed by atoms with Gasteiger partial charge >= 0.3 is 0 Å². The highest BCUT2D eigenvalue weighted by Gasteiger charge is 2.26. The van der Waals surface area contributed by atoms with E-state index in [4.69, 9.17) is 12.2 Å². The van der Waals surface area contributed by atoms with Crippen LogP contribution in [0.3, 0.4) is 0 Å². The van der Waals surface area contributed by atoms with Crippen molar-refractivity contribution in [2.45, 2.75) is 19.5 Å². The highest BCUT2D eigenvalue weighted by molar-refractivity contribution is 7.71. The Morgan fingerprint density at radius 3 is 2.59 bits per heavy atom. The minimum Gasteiger partial charge on any atom is -0.326 e. The maximum Gasteiger partial charge on any atom is 0.228 e. The maximum absolute atomic E-state index is 12.7. The van der Waals surface area contributed by atoms with E-state index in [1.54, 1.807) is 0 Å². The van der Waals surface area contributed by atoms with Gasteiger partial charge in [-0.15, -0.1) is 0 Å². The molecule has 1 aromatic heterocycles. The van der Waals surface area contributed by atoms with Crippen molar-refractivity contribution in [3.8, 4) is 0 Å². The molecule has 1 unspecified atom stereocenters. The van der Waals surface area contributed by atoms with Crippen LogP contribution in [0.2, 0.25) is 0 Å². The van der Waals surface area contributed by atoms with Gasteiger partial charge in [-0.05, 0) is 55.9 Å². The number of carbonyl (C=O) groups is 1. The lowest BCUT2D eigenvalue weighted by Crippen LogP contribution is -2.41. The van der Waals surface area contributed by atoms with Crippen LogP contribution in [0.15, 0.2) is 54.6 Å². The summed E-state index contributed by atoms with van der Waals surface area (Å²) in [5.41, 5.74) is 3.13. The summed E-state index contributed by atoms with van der Waals surface area (Å²) in [6.45, 7) is 2.46. The number of amides is 1. The molecule has 1 amide bonds. The molecule has 27 heavy (non-hydrogen) atoms. The SMILES string of the molecule is Cn1c(=S)n(CN2CCCC(C(=O)Nc3ccccc3)C2)c2ccccc21. The number of hydrogen-bond acceptors (Lipinski definition) is 3. The van der Waals surface area contributed by atoms with Crippen molar-refractivity contribution >= 4 is 34.8 Å². The van der Waals surface area contributed by atoms with E-state index in [0.717, 1.165) is 54.1 Å². The summed E-state index contributed by atoms with van der Waals surface area (Å²) >= 11 is 5.65. The molecule has 6 heteroatoms. The number of imidazole rings is 1. The Kier molecular flexibility index (Phi) is 5.09. The van der Waals surface area contributed by atoms with Crippen molar-refractivity contribution < 1.29 is 4.79 Å². The first-order valence-electron chi connectivity index (χ1n) is 9.36. The predicted molar refractivity (Wildman–Crippen MR) is 111 cm³/mol. The van der Waals surface area contributed by atoms with Crippen LogP contribution in [-0.2, 0) is 18.5 Å². The van der Waals surface area contributed by atoms with E-state index >= 15 is 0 Å². The molecule has 1 aliphatic heterocycles. The molecule has 0 saturated carbocycles. The fourth-order valence-corrected chi connectivity index (χ4v) is 4.12. The molecule has 3 aromatic rings. The lowest BCUT2D eigenvalue weighted by atomic mass is 9.97. The minimum atomic E-state index is 0.00287. The van der Waals surface area contributed by atoms with Crippen LogP contribution in [0.5, 0.6) is 0 Å². The molecule has 2 aromatic carbocycles. The summed E-state index contributed by atoms with van der Waals surface area (Å²) in [4.78, 5) is 15.0. The van der Waals surface area contributed by atoms with E-state index in [0.29, 0.717) is 0 Å². The number of benzene rings is 2. The molecule has 1 N–H and O–H groups in total. The molecule has 1 aliphatic rings. The van der Waals surface area contributed by atoms with Gasteiger partial charge in [0.05, 0.1) is 23.6 Å². The molecular formula is C21H24N4OS. The Morgan fingerprint density at radius 2 is 1.81 bits per heavy atom. The number of nitrogens with zero attached hydrogens (tertiary/aromatic N) is 3. The van der Waals surface area contributed by atoms with Crippen LogP contribution in [0.4, 0.5) is 5.69 Å². The molecular weight excluding hydrogens is 356 g/mol. The van der Waals surface area contributed by atoms with Gasteiger partial charge < -0.3 is 14.5 Å². The van der Waals surface area contributed by atoms with Gasteiger partial charge in [-0.1, -0.05) is 30.3 Å². The fourth-order valence-electron chi connectivity index (χ4n) is 3.86. The third-order valence-electron chi connectivity index (χ3n) is 5.31. The van der Waals surface area contributed by atoms with E-state index in [-0.39, 0.29) is 11.8 Å². The zero-order valence-corrected chi connectivity index (χ0v) is 16.3. The molecule has 4 rings (SSSR count). The number of piperidine rings is 1. The zero-order valence-electron chi connectivity index (χ0n) is 15.5. The first-order valence-corrected chi connectivity index (χ1v) is 9.77. The van der Waals surface area contributed by atoms with E-state index in [2.05, 4.69) is 26.9 Å². The first kappa shape index (κ1) is 17.9. The standard InChI is InChI=1S/C21H24N4OS/c1-23-18-11-5-6-12-19(18)25(21(23)27)15-24-13-7-8-16(14-24)20(26)22-17-9-3-2-4-10-17/h2-6,9-12,16H,7-8,13-15H2,1H3,(H,22,26). The average molecular weight is 381 g/mol. The highest BCUT2D eigenvalue weighted by atomic mass is 32.1. The Morgan fingerprint density at radius 1 is 1.11 bits per heavy atom. The molecule has 1 saturated heterocycles. The second kappa shape index (κ2) is 7.66. The molecule has 0 spiro atoms. The molecule has 0 radical (unpaired) electrons. The monoisotopic (exact) mass is 380 g/mol. The number of likely N-dealkylation sites (tertiary alicyclic amines) is 1. The Bertz CT molecular complexity index is 1010. The Balaban J connectivity index is 1.49. The summed E-state index contributed by atoms with van der Waals surface area (Å²) in [5.74, 6) is 0.107. The van der Waals surface area contributed by atoms with Gasteiger partial charge in [0.2, 0.25) is 5.91 Å². The zero-order chi connectivity index (χ0) is 18.8. The highest BCUT2D eigenvalue weighted by Crippen LogP contribution is 2.22. The van der Waals surface area contributed by atoms with Crippen LogP contribution in [0.25, 0.3) is 11.0 Å². The van der Waals surface area contributed by atoms with Gasteiger partial charge in [0.1, 0.15) is 0 Å². The minimum absolute atomic E-state index is 0.00287. The summed E-state index contributed by atoms with van der Waals surface area (Å²) in [5, 5.41) is 3.04.